The average Bonchev–Trinajstić information content (AvgIpc) is 2.62. The Hall–Kier alpha value is -1.46. The monoisotopic (exact) mass is 421 g/mol. The zero-order valence-corrected chi connectivity index (χ0v) is 17.1. The van der Waals surface area contributed by atoms with Crippen LogP contribution in [0.15, 0.2) is 46.9 Å². The van der Waals surface area contributed by atoms with Crippen LogP contribution in [-0.2, 0) is 17.0 Å². The number of hydrogen-bond acceptors (Lipinski definition) is 3. The van der Waals surface area contributed by atoms with Crippen LogP contribution in [0.2, 0.25) is 0 Å². The Bertz CT molecular complexity index is 689. The van der Waals surface area contributed by atoms with Crippen LogP contribution in [0.1, 0.15) is 23.6 Å². The molecule has 0 unspecified atom stereocenters. The first kappa shape index (κ1) is 19.9. The van der Waals surface area contributed by atoms with E-state index in [1.165, 1.54) is 16.7 Å². The van der Waals surface area contributed by atoms with Crippen molar-refractivity contribution in [3.8, 4) is 5.75 Å². The number of carbonyl (C=O) groups is 1. The van der Waals surface area contributed by atoms with Gasteiger partial charge in [-0.2, -0.15) is 11.8 Å². The van der Waals surface area contributed by atoms with Crippen molar-refractivity contribution in [1.29, 1.82) is 0 Å². The molecule has 0 saturated carbocycles. The summed E-state index contributed by atoms with van der Waals surface area (Å²) in [6.07, 6.45) is 0.972. The third-order valence-corrected chi connectivity index (χ3v) is 5.37. The summed E-state index contributed by atoms with van der Waals surface area (Å²) < 4.78 is 6.45. The van der Waals surface area contributed by atoms with Crippen LogP contribution in [0.25, 0.3) is 0 Å². The fourth-order valence-corrected chi connectivity index (χ4v) is 3.57. The second-order valence-corrected chi connectivity index (χ2v) is 7.75. The molecule has 0 aliphatic heterocycles. The molecular weight excluding hydrogens is 398 g/mol. The molecule has 0 aliphatic rings. The average molecular weight is 422 g/mol. The summed E-state index contributed by atoms with van der Waals surface area (Å²) in [5, 5.41) is 2.89. The van der Waals surface area contributed by atoms with Gasteiger partial charge in [-0.05, 0) is 52.5 Å². The van der Waals surface area contributed by atoms with E-state index in [1.54, 1.807) is 0 Å². The molecule has 0 heterocycles. The maximum Gasteiger partial charge on any atom is 0.257 e. The first-order valence-corrected chi connectivity index (χ1v) is 10.3. The van der Waals surface area contributed by atoms with Gasteiger partial charge in [0.2, 0.25) is 0 Å². The van der Waals surface area contributed by atoms with Gasteiger partial charge in [-0.15, -0.1) is 0 Å². The molecule has 0 fully saturated rings. The number of benzene rings is 2. The van der Waals surface area contributed by atoms with E-state index in [-0.39, 0.29) is 12.5 Å². The van der Waals surface area contributed by atoms with E-state index in [4.69, 9.17) is 4.74 Å². The molecule has 1 amide bonds. The Kier molecular flexibility index (Phi) is 8.35. The molecule has 3 nitrogen and oxygen atoms in total. The Morgan fingerprint density at radius 2 is 1.88 bits per heavy atom. The molecule has 0 saturated heterocycles. The molecule has 0 aliphatic carbocycles. The van der Waals surface area contributed by atoms with Gasteiger partial charge in [-0.3, -0.25) is 4.79 Å². The topological polar surface area (TPSA) is 38.3 Å². The maximum absolute atomic E-state index is 11.9. The standard InChI is InChI=1S/C20H24BrNO2S/c1-3-16-8-9-19(18(21)12-16)24-13-20(23)22-10-11-25-14-17-6-4-15(2)5-7-17/h4-9,12H,3,10-11,13-14H2,1-2H3,(H,22,23). The SMILES string of the molecule is CCc1ccc(OCC(=O)NCCSCc2ccc(C)cc2)c(Br)c1. The van der Waals surface area contributed by atoms with Crippen molar-refractivity contribution in [3.63, 3.8) is 0 Å². The van der Waals surface area contributed by atoms with Gasteiger partial charge >= 0.3 is 0 Å². The zero-order chi connectivity index (χ0) is 18.1. The predicted octanol–water partition coefficient (Wildman–Crippen LogP) is 4.75. The van der Waals surface area contributed by atoms with Crippen LogP contribution in [0.5, 0.6) is 5.75 Å². The second kappa shape index (κ2) is 10.5. The number of nitrogens with one attached hydrogen (secondary N) is 1. The summed E-state index contributed by atoms with van der Waals surface area (Å²) in [7, 11) is 0. The first-order chi connectivity index (χ1) is 12.1. The Morgan fingerprint density at radius 3 is 2.56 bits per heavy atom. The summed E-state index contributed by atoms with van der Waals surface area (Å²) >= 11 is 5.29. The lowest BCUT2D eigenvalue weighted by molar-refractivity contribution is -0.122. The highest BCUT2D eigenvalue weighted by molar-refractivity contribution is 9.10. The highest BCUT2D eigenvalue weighted by Gasteiger charge is 2.06. The van der Waals surface area contributed by atoms with Crippen LogP contribution < -0.4 is 10.1 Å². The van der Waals surface area contributed by atoms with Crippen LogP contribution >= 0.6 is 27.7 Å². The van der Waals surface area contributed by atoms with E-state index in [2.05, 4.69) is 59.4 Å². The van der Waals surface area contributed by atoms with Gasteiger partial charge in [0.25, 0.3) is 5.91 Å². The van der Waals surface area contributed by atoms with Gasteiger partial charge in [0.15, 0.2) is 6.61 Å². The van der Waals surface area contributed by atoms with Gasteiger partial charge in [-0.1, -0.05) is 42.8 Å². The molecule has 0 radical (unpaired) electrons. The molecule has 2 rings (SSSR count). The third-order valence-electron chi connectivity index (χ3n) is 3.72. The largest absolute Gasteiger partial charge is 0.483 e. The summed E-state index contributed by atoms with van der Waals surface area (Å²) in [4.78, 5) is 11.9. The molecule has 134 valence electrons. The molecule has 2 aromatic carbocycles. The van der Waals surface area contributed by atoms with Crippen LogP contribution in [0.3, 0.4) is 0 Å². The summed E-state index contributed by atoms with van der Waals surface area (Å²) in [5.74, 6) is 2.45. The van der Waals surface area contributed by atoms with Crippen molar-refractivity contribution in [2.45, 2.75) is 26.0 Å². The number of aryl methyl sites for hydroxylation is 2. The van der Waals surface area contributed by atoms with E-state index in [0.717, 1.165) is 22.4 Å². The number of ether oxygens (including phenoxy) is 1. The van der Waals surface area contributed by atoms with Crippen molar-refractivity contribution in [2.75, 3.05) is 18.9 Å². The van der Waals surface area contributed by atoms with E-state index in [1.807, 2.05) is 30.0 Å². The number of hydrogen-bond donors (Lipinski definition) is 1. The van der Waals surface area contributed by atoms with Gasteiger partial charge in [-0.25, -0.2) is 0 Å². The van der Waals surface area contributed by atoms with Gasteiger partial charge < -0.3 is 10.1 Å². The highest BCUT2D eigenvalue weighted by Crippen LogP contribution is 2.26. The highest BCUT2D eigenvalue weighted by atomic mass is 79.9. The fourth-order valence-electron chi connectivity index (χ4n) is 2.21. The predicted molar refractivity (Wildman–Crippen MR) is 109 cm³/mol. The van der Waals surface area contributed by atoms with E-state index in [9.17, 15) is 4.79 Å². The van der Waals surface area contributed by atoms with E-state index < -0.39 is 0 Å². The van der Waals surface area contributed by atoms with Gasteiger partial charge in [0.05, 0.1) is 4.47 Å². The summed E-state index contributed by atoms with van der Waals surface area (Å²) in [6.45, 7) is 4.87. The summed E-state index contributed by atoms with van der Waals surface area (Å²) in [6, 6.07) is 14.5. The molecule has 0 bridgehead atoms. The molecule has 25 heavy (non-hydrogen) atoms. The molecule has 0 atom stereocenters. The number of rotatable bonds is 9. The number of thioether (sulfide) groups is 1. The zero-order valence-electron chi connectivity index (χ0n) is 14.7. The lowest BCUT2D eigenvalue weighted by Gasteiger charge is -2.10. The van der Waals surface area contributed by atoms with E-state index >= 15 is 0 Å². The summed E-state index contributed by atoms with van der Waals surface area (Å²) in [5.41, 5.74) is 3.82. The third kappa shape index (κ3) is 7.12. The molecule has 2 aromatic rings. The van der Waals surface area contributed by atoms with Crippen LogP contribution in [0.4, 0.5) is 0 Å². The lowest BCUT2D eigenvalue weighted by atomic mass is 10.2. The minimum absolute atomic E-state index is 0.0344. The molecular formula is C20H24BrNO2S. The van der Waals surface area contributed by atoms with Crippen LogP contribution in [0, 0.1) is 6.92 Å². The number of halogens is 1. The Labute approximate surface area is 162 Å². The van der Waals surface area contributed by atoms with Gasteiger partial charge in [0.1, 0.15) is 5.75 Å². The van der Waals surface area contributed by atoms with Crippen molar-refractivity contribution < 1.29 is 9.53 Å². The number of amides is 1. The van der Waals surface area contributed by atoms with Crippen LogP contribution in [-0.4, -0.2) is 24.8 Å². The fraction of sp³-hybridized carbons (Fsp3) is 0.350. The Balaban J connectivity index is 1.61. The van der Waals surface area contributed by atoms with Crippen molar-refractivity contribution in [1.82, 2.24) is 5.32 Å². The van der Waals surface area contributed by atoms with E-state index in [0.29, 0.717) is 12.3 Å². The van der Waals surface area contributed by atoms with Gasteiger partial charge in [0, 0.05) is 18.1 Å². The lowest BCUT2D eigenvalue weighted by Crippen LogP contribution is -2.30. The molecule has 5 heteroatoms. The van der Waals surface area contributed by atoms with Crippen molar-refractivity contribution >= 4 is 33.6 Å². The number of carbonyl (C=O) groups excluding carboxylic acids is 1. The second-order valence-electron chi connectivity index (χ2n) is 5.80. The minimum Gasteiger partial charge on any atom is -0.483 e. The van der Waals surface area contributed by atoms with Crippen molar-refractivity contribution in [3.05, 3.63) is 63.6 Å². The minimum atomic E-state index is -0.0950. The molecule has 0 aromatic heterocycles. The molecule has 1 N–H and O–H groups in total. The Morgan fingerprint density at radius 1 is 1.16 bits per heavy atom. The maximum atomic E-state index is 11.9. The smallest absolute Gasteiger partial charge is 0.257 e. The quantitative estimate of drug-likeness (QED) is 0.593. The molecule has 0 spiro atoms. The first-order valence-electron chi connectivity index (χ1n) is 8.39. The normalized spacial score (nSPS) is 10.5. The van der Waals surface area contributed by atoms with Crippen molar-refractivity contribution in [2.24, 2.45) is 0 Å².